The van der Waals surface area contributed by atoms with E-state index in [-0.39, 0.29) is 11.5 Å². The van der Waals surface area contributed by atoms with Crippen LogP contribution >= 0.6 is 11.3 Å². The Hall–Kier alpha value is -1.75. The van der Waals surface area contributed by atoms with Crippen molar-refractivity contribution in [1.29, 1.82) is 0 Å². The van der Waals surface area contributed by atoms with Crippen LogP contribution in [0.15, 0.2) is 35.8 Å². The molecule has 0 aliphatic rings. The molecular formula is C13H13FN2OS. The third-order valence-corrected chi connectivity index (χ3v) is 3.55. The van der Waals surface area contributed by atoms with E-state index < -0.39 is 5.95 Å². The van der Waals surface area contributed by atoms with Crippen LogP contribution in [0.5, 0.6) is 0 Å². The number of hydrogen-bond donors (Lipinski definition) is 0. The van der Waals surface area contributed by atoms with Crippen molar-refractivity contribution >= 4 is 17.2 Å². The molecule has 0 aromatic carbocycles. The molecule has 0 atom stereocenters. The van der Waals surface area contributed by atoms with Gasteiger partial charge in [-0.1, -0.05) is 6.07 Å². The van der Waals surface area contributed by atoms with Crippen molar-refractivity contribution in [3.63, 3.8) is 0 Å². The van der Waals surface area contributed by atoms with Crippen LogP contribution < -0.4 is 0 Å². The molecule has 0 fully saturated rings. The monoisotopic (exact) mass is 264 g/mol. The van der Waals surface area contributed by atoms with Gasteiger partial charge < -0.3 is 4.90 Å². The Morgan fingerprint density at radius 2 is 2.28 bits per heavy atom. The van der Waals surface area contributed by atoms with Crippen molar-refractivity contribution in [1.82, 2.24) is 9.88 Å². The number of halogens is 1. The van der Waals surface area contributed by atoms with Crippen LogP contribution in [0, 0.1) is 5.95 Å². The number of thiophene rings is 1. The van der Waals surface area contributed by atoms with Gasteiger partial charge >= 0.3 is 0 Å². The van der Waals surface area contributed by atoms with Crippen molar-refractivity contribution in [2.24, 2.45) is 0 Å². The number of carbonyl (C=O) groups excluding carboxylic acids is 1. The number of pyridine rings is 1. The number of nitrogens with zero attached hydrogens (tertiary/aromatic N) is 2. The first-order valence-electron chi connectivity index (χ1n) is 5.57. The molecule has 0 spiro atoms. The summed E-state index contributed by atoms with van der Waals surface area (Å²) in [5, 5.41) is 2.00. The fourth-order valence-electron chi connectivity index (χ4n) is 1.59. The third-order valence-electron chi connectivity index (χ3n) is 2.61. The van der Waals surface area contributed by atoms with E-state index >= 15 is 0 Å². The maximum atomic E-state index is 13.4. The molecule has 0 aliphatic carbocycles. The van der Waals surface area contributed by atoms with Crippen molar-refractivity contribution in [3.05, 3.63) is 52.2 Å². The molecule has 0 saturated heterocycles. The SMILES string of the molecule is CN(CCc1cccs1)C(=O)c1cccnc1F. The van der Waals surface area contributed by atoms with Crippen molar-refractivity contribution in [2.75, 3.05) is 13.6 Å². The van der Waals surface area contributed by atoms with Crippen LogP contribution in [0.4, 0.5) is 4.39 Å². The summed E-state index contributed by atoms with van der Waals surface area (Å²) in [6, 6.07) is 7.01. The van der Waals surface area contributed by atoms with E-state index in [0.29, 0.717) is 6.54 Å². The van der Waals surface area contributed by atoms with E-state index in [0.717, 1.165) is 6.42 Å². The quantitative estimate of drug-likeness (QED) is 0.795. The van der Waals surface area contributed by atoms with E-state index in [1.165, 1.54) is 22.0 Å². The van der Waals surface area contributed by atoms with Crippen molar-refractivity contribution < 1.29 is 9.18 Å². The van der Waals surface area contributed by atoms with Gasteiger partial charge in [0.05, 0.1) is 5.56 Å². The lowest BCUT2D eigenvalue weighted by molar-refractivity contribution is 0.0791. The summed E-state index contributed by atoms with van der Waals surface area (Å²) in [6.45, 7) is 0.563. The first kappa shape index (κ1) is 12.7. The van der Waals surface area contributed by atoms with Crippen molar-refractivity contribution in [2.45, 2.75) is 6.42 Å². The van der Waals surface area contributed by atoms with E-state index in [1.54, 1.807) is 24.5 Å². The molecule has 0 aliphatic heterocycles. The second kappa shape index (κ2) is 5.73. The van der Waals surface area contributed by atoms with Gasteiger partial charge in [0.25, 0.3) is 5.91 Å². The van der Waals surface area contributed by atoms with Crippen LogP contribution in [0.3, 0.4) is 0 Å². The fraction of sp³-hybridized carbons (Fsp3) is 0.231. The van der Waals surface area contributed by atoms with Gasteiger partial charge in [-0.15, -0.1) is 11.3 Å². The minimum Gasteiger partial charge on any atom is -0.341 e. The van der Waals surface area contributed by atoms with Crippen LogP contribution in [0.1, 0.15) is 15.2 Å². The Kier molecular flexibility index (Phi) is 4.04. The smallest absolute Gasteiger partial charge is 0.258 e. The summed E-state index contributed by atoms with van der Waals surface area (Å²) < 4.78 is 13.4. The first-order valence-corrected chi connectivity index (χ1v) is 6.45. The van der Waals surface area contributed by atoms with Gasteiger partial charge in [-0.2, -0.15) is 4.39 Å². The van der Waals surface area contributed by atoms with Crippen LogP contribution in [0.25, 0.3) is 0 Å². The summed E-state index contributed by atoms with van der Waals surface area (Å²) >= 11 is 1.65. The lowest BCUT2D eigenvalue weighted by Gasteiger charge is -2.16. The predicted octanol–water partition coefficient (Wildman–Crippen LogP) is 2.60. The van der Waals surface area contributed by atoms with Gasteiger partial charge in [0.1, 0.15) is 0 Å². The molecule has 2 aromatic heterocycles. The summed E-state index contributed by atoms with van der Waals surface area (Å²) in [4.78, 5) is 18.2. The zero-order chi connectivity index (χ0) is 13.0. The molecule has 0 radical (unpaired) electrons. The number of carbonyl (C=O) groups is 1. The molecule has 0 N–H and O–H groups in total. The Morgan fingerprint density at radius 1 is 1.44 bits per heavy atom. The Balaban J connectivity index is 1.99. The summed E-state index contributed by atoms with van der Waals surface area (Å²) in [6.07, 6.45) is 2.11. The lowest BCUT2D eigenvalue weighted by atomic mass is 10.2. The molecule has 2 rings (SSSR count). The van der Waals surface area contributed by atoms with Gasteiger partial charge in [0.15, 0.2) is 0 Å². The molecule has 18 heavy (non-hydrogen) atoms. The number of hydrogen-bond acceptors (Lipinski definition) is 3. The molecule has 2 aromatic rings. The first-order chi connectivity index (χ1) is 8.68. The molecule has 94 valence electrons. The average Bonchev–Trinajstić information content (AvgIpc) is 2.89. The largest absolute Gasteiger partial charge is 0.341 e. The molecule has 1 amide bonds. The Morgan fingerprint density at radius 3 is 2.94 bits per heavy atom. The highest BCUT2D eigenvalue weighted by atomic mass is 32.1. The molecule has 2 heterocycles. The predicted molar refractivity (Wildman–Crippen MR) is 69.2 cm³/mol. The third kappa shape index (κ3) is 2.92. The second-order valence-corrected chi connectivity index (χ2v) is 4.93. The molecular weight excluding hydrogens is 251 g/mol. The molecule has 5 heteroatoms. The minimum atomic E-state index is -0.717. The van der Waals surface area contributed by atoms with Crippen LogP contribution in [-0.2, 0) is 6.42 Å². The highest BCUT2D eigenvalue weighted by molar-refractivity contribution is 7.09. The zero-order valence-electron chi connectivity index (χ0n) is 9.97. The minimum absolute atomic E-state index is 0.0196. The average molecular weight is 264 g/mol. The maximum absolute atomic E-state index is 13.4. The molecule has 0 saturated carbocycles. The second-order valence-electron chi connectivity index (χ2n) is 3.90. The standard InChI is InChI=1S/C13H13FN2OS/c1-16(8-6-10-4-3-9-18-10)13(17)11-5-2-7-15-12(11)14/h2-5,7,9H,6,8H2,1H3. The summed E-state index contributed by atoms with van der Waals surface area (Å²) in [5.74, 6) is -1.05. The van der Waals surface area contributed by atoms with Crippen molar-refractivity contribution in [3.8, 4) is 0 Å². The zero-order valence-corrected chi connectivity index (χ0v) is 10.8. The lowest BCUT2D eigenvalue weighted by Crippen LogP contribution is -2.29. The van der Waals surface area contributed by atoms with E-state index in [1.807, 2.05) is 17.5 Å². The molecule has 0 bridgehead atoms. The van der Waals surface area contributed by atoms with Gasteiger partial charge in [-0.05, 0) is 30.0 Å². The number of likely N-dealkylation sites (N-methyl/N-ethyl adjacent to an activating group) is 1. The molecule has 0 unspecified atom stereocenters. The number of rotatable bonds is 4. The Labute approximate surface area is 109 Å². The van der Waals surface area contributed by atoms with E-state index in [4.69, 9.17) is 0 Å². The maximum Gasteiger partial charge on any atom is 0.258 e. The van der Waals surface area contributed by atoms with Gasteiger partial charge in [-0.25, -0.2) is 4.98 Å². The van der Waals surface area contributed by atoms with Crippen LogP contribution in [0.2, 0.25) is 0 Å². The normalized spacial score (nSPS) is 10.3. The molecule has 3 nitrogen and oxygen atoms in total. The highest BCUT2D eigenvalue weighted by Gasteiger charge is 2.16. The van der Waals surface area contributed by atoms with Crippen LogP contribution in [-0.4, -0.2) is 29.4 Å². The summed E-state index contributed by atoms with van der Waals surface area (Å²) in [7, 11) is 1.67. The number of amides is 1. The summed E-state index contributed by atoms with van der Waals surface area (Å²) in [5.41, 5.74) is 0.0196. The highest BCUT2D eigenvalue weighted by Crippen LogP contribution is 2.11. The van der Waals surface area contributed by atoms with E-state index in [9.17, 15) is 9.18 Å². The van der Waals surface area contributed by atoms with E-state index in [2.05, 4.69) is 4.98 Å². The van der Waals surface area contributed by atoms with Gasteiger partial charge in [0.2, 0.25) is 5.95 Å². The topological polar surface area (TPSA) is 33.2 Å². The van der Waals surface area contributed by atoms with Gasteiger partial charge in [-0.3, -0.25) is 4.79 Å². The number of aromatic nitrogens is 1. The Bertz CT molecular complexity index is 528. The fourth-order valence-corrected chi connectivity index (χ4v) is 2.28. The van der Waals surface area contributed by atoms with Gasteiger partial charge in [0, 0.05) is 24.7 Å².